The van der Waals surface area contributed by atoms with Gasteiger partial charge in [0.2, 0.25) is 0 Å². The average molecular weight is 793 g/mol. The molecule has 20 rings (SSSR count). The van der Waals surface area contributed by atoms with Crippen LogP contribution >= 0.6 is 0 Å². The molecule has 0 radical (unpaired) electrons. The summed E-state index contributed by atoms with van der Waals surface area (Å²) in [6.07, 6.45) is 46.8. The maximum absolute atomic E-state index is 2.38. The smallest absolute Gasteiger partial charge is 0.0352 e. The molecule has 0 heteroatoms. The lowest BCUT2D eigenvalue weighted by atomic mass is 10.0. The summed E-state index contributed by atoms with van der Waals surface area (Å²) in [5.74, 6) is 28.8. The zero-order chi connectivity index (χ0) is 39.1. The van der Waals surface area contributed by atoms with Crippen molar-refractivity contribution in [1.29, 1.82) is 0 Å². The summed E-state index contributed by atoms with van der Waals surface area (Å²) < 4.78 is 0. The van der Waals surface area contributed by atoms with Gasteiger partial charge in [0.05, 0.1) is 0 Å². The minimum Gasteiger partial charge on any atom is -0.0620 e. The molecular weight excluding hydrogens is 697 g/mol. The van der Waals surface area contributed by atoms with Gasteiger partial charge in [0.15, 0.2) is 0 Å². The highest BCUT2D eigenvalue weighted by molar-refractivity contribution is 5.10. The van der Waals surface area contributed by atoms with E-state index in [1.165, 1.54) is 157 Å². The van der Waals surface area contributed by atoms with Gasteiger partial charge in [-0.05, 0) is 232 Å². The van der Waals surface area contributed by atoms with Gasteiger partial charge in [0, 0.05) is 0 Å². The van der Waals surface area contributed by atoms with Crippen molar-refractivity contribution in [2.45, 2.75) is 220 Å². The first kappa shape index (κ1) is 40.8. The molecule has 20 atom stereocenters. The number of hydrogen-bond acceptors (Lipinski definition) is 0. The van der Waals surface area contributed by atoms with E-state index in [0.717, 1.165) is 23.7 Å². The molecule has 0 aliphatic heterocycles. The maximum atomic E-state index is 2.38. The zero-order valence-electron chi connectivity index (χ0n) is 39.1. The van der Waals surface area contributed by atoms with E-state index >= 15 is 0 Å². The number of rotatable bonds is 0. The Morgan fingerprint density at radius 1 is 0.172 bits per heavy atom. The van der Waals surface area contributed by atoms with Crippen molar-refractivity contribution in [3.05, 3.63) is 0 Å². The Morgan fingerprint density at radius 2 is 0.362 bits per heavy atom. The topological polar surface area (TPSA) is 0 Å². The predicted molar refractivity (Wildman–Crippen MR) is 245 cm³/mol. The van der Waals surface area contributed by atoms with E-state index in [-0.39, 0.29) is 0 Å². The maximum Gasteiger partial charge on any atom is -0.0352 e. The number of hydrogen-bond donors (Lipinski definition) is 0. The summed E-state index contributed by atoms with van der Waals surface area (Å²) in [7, 11) is 0. The van der Waals surface area contributed by atoms with E-state index in [1.54, 1.807) is 154 Å². The van der Waals surface area contributed by atoms with Crippen molar-refractivity contribution in [3.8, 4) is 0 Å². The summed E-state index contributed by atoms with van der Waals surface area (Å²) in [5, 5.41) is 0. The van der Waals surface area contributed by atoms with E-state index in [9.17, 15) is 0 Å². The average Bonchev–Trinajstić information content (AvgIpc) is 4.00. The standard InChI is InChI=1S/C7H12.6C6H10.3C5H8/c1-2-4-7-5-6(7)3-1;2*1-4-5-2-3-6(4)5;4*1-2-5-4-6(5)3-1;2*1-3-4-2-5(3)4;1-2-5-3-4(1)5/h6-7H,1-5H2;2*4-6H,2-3H2,1H3;4*5-6H,1-4H2;2*3-5H,2H2,1H3;4-5H,1-3H2. The highest BCUT2D eigenvalue weighted by atomic mass is 14.7. The fourth-order valence-electron chi connectivity index (χ4n) is 15.3. The molecule has 20 aliphatic carbocycles. The van der Waals surface area contributed by atoms with Crippen LogP contribution in [0.1, 0.15) is 220 Å². The normalized spacial score (nSPS) is 57.3. The van der Waals surface area contributed by atoms with Gasteiger partial charge in [-0.1, -0.05) is 130 Å². The molecule has 0 nitrogen and oxygen atoms in total. The molecule has 0 heterocycles. The lowest BCUT2D eigenvalue weighted by molar-refractivity contribution is 0.468. The van der Waals surface area contributed by atoms with E-state index in [1.807, 2.05) is 0 Å². The molecule has 0 N–H and O–H groups in total. The molecule has 58 heavy (non-hydrogen) atoms. The lowest BCUT2D eigenvalue weighted by Crippen LogP contribution is -1.93. The lowest BCUT2D eigenvalue weighted by Gasteiger charge is -2.05. The zero-order valence-corrected chi connectivity index (χ0v) is 39.1. The molecular formula is C58H96. The van der Waals surface area contributed by atoms with Gasteiger partial charge in [-0.2, -0.15) is 0 Å². The Bertz CT molecular complexity index is 1110. The minimum absolute atomic E-state index is 1.13. The fraction of sp³-hybridized carbons (Fsp3) is 1.00. The minimum atomic E-state index is 1.13. The van der Waals surface area contributed by atoms with Crippen LogP contribution in [0.2, 0.25) is 0 Å². The Morgan fingerprint density at radius 3 is 0.431 bits per heavy atom. The van der Waals surface area contributed by atoms with Gasteiger partial charge in [-0.25, -0.2) is 0 Å². The highest BCUT2D eigenvalue weighted by Gasteiger charge is 2.61. The molecule has 20 aliphatic rings. The molecule has 20 fully saturated rings. The molecule has 0 aromatic carbocycles. The molecule has 0 amide bonds. The third kappa shape index (κ3) is 10.7. The monoisotopic (exact) mass is 793 g/mol. The largest absolute Gasteiger partial charge is 0.0620 e. The van der Waals surface area contributed by atoms with Crippen LogP contribution < -0.4 is 0 Å². The molecule has 0 saturated heterocycles. The summed E-state index contributed by atoms with van der Waals surface area (Å²) in [4.78, 5) is 0. The van der Waals surface area contributed by atoms with Gasteiger partial charge in [0.1, 0.15) is 0 Å². The predicted octanol–water partition coefficient (Wildman–Crippen LogP) is 16.7. The Hall–Kier alpha value is 0. The summed E-state index contributed by atoms with van der Waals surface area (Å²) in [5.41, 5.74) is 0. The Kier molecular flexibility index (Phi) is 12.1. The second kappa shape index (κ2) is 17.2. The van der Waals surface area contributed by atoms with Crippen LogP contribution in [0.15, 0.2) is 0 Å². The van der Waals surface area contributed by atoms with Gasteiger partial charge >= 0.3 is 0 Å². The SMILES string of the molecule is C1CC2CC12.C1CC2CC2C1.C1CC2CC2C1.C1CC2CC2C1.C1CC2CC2C1.C1CCC2CC2C1.CC1C2CC12.CC1C2CC12.CC1C2CCC12.CC1C2CCC12. The first-order chi connectivity index (χ1) is 28.4. The van der Waals surface area contributed by atoms with Crippen molar-refractivity contribution in [3.63, 3.8) is 0 Å². The first-order valence-electron chi connectivity index (χ1n) is 28.4. The van der Waals surface area contributed by atoms with Crippen LogP contribution in [0.25, 0.3) is 0 Å². The van der Waals surface area contributed by atoms with E-state index in [2.05, 4.69) is 27.7 Å². The van der Waals surface area contributed by atoms with Crippen molar-refractivity contribution in [2.75, 3.05) is 0 Å². The van der Waals surface area contributed by atoms with Crippen LogP contribution in [-0.2, 0) is 0 Å². The quantitative estimate of drug-likeness (QED) is 0.229. The number of fused-ring (bicyclic) bond motifs is 10. The fourth-order valence-corrected chi connectivity index (χ4v) is 15.3. The van der Waals surface area contributed by atoms with Crippen LogP contribution in [0.5, 0.6) is 0 Å². The summed E-state index contributed by atoms with van der Waals surface area (Å²) in [6.45, 7) is 9.45. The second-order valence-electron chi connectivity index (χ2n) is 26.5. The third-order valence-electron chi connectivity index (χ3n) is 22.7. The summed E-state index contributed by atoms with van der Waals surface area (Å²) in [6, 6.07) is 0. The first-order valence-corrected chi connectivity index (χ1v) is 28.4. The van der Waals surface area contributed by atoms with Gasteiger partial charge in [0.25, 0.3) is 0 Å². The molecule has 328 valence electrons. The van der Waals surface area contributed by atoms with Crippen LogP contribution in [0.3, 0.4) is 0 Å². The van der Waals surface area contributed by atoms with Gasteiger partial charge < -0.3 is 0 Å². The molecule has 20 unspecified atom stereocenters. The third-order valence-corrected chi connectivity index (χ3v) is 22.7. The molecule has 20 saturated carbocycles. The molecule has 0 aromatic heterocycles. The van der Waals surface area contributed by atoms with Gasteiger partial charge in [-0.15, -0.1) is 0 Å². The van der Waals surface area contributed by atoms with E-state index in [4.69, 9.17) is 0 Å². The van der Waals surface area contributed by atoms with E-state index in [0.29, 0.717) is 0 Å². The molecule has 0 aromatic rings. The van der Waals surface area contributed by atoms with Crippen molar-refractivity contribution >= 4 is 0 Å². The van der Waals surface area contributed by atoms with Gasteiger partial charge in [-0.3, -0.25) is 0 Å². The summed E-state index contributed by atoms with van der Waals surface area (Å²) >= 11 is 0. The second-order valence-corrected chi connectivity index (χ2v) is 26.5. The molecule has 0 bridgehead atoms. The Labute approximate surface area is 360 Å². The van der Waals surface area contributed by atoms with Crippen LogP contribution in [-0.4, -0.2) is 0 Å². The van der Waals surface area contributed by atoms with Crippen LogP contribution in [0, 0.1) is 142 Å². The van der Waals surface area contributed by atoms with E-state index < -0.39 is 0 Å². The van der Waals surface area contributed by atoms with Crippen molar-refractivity contribution < 1.29 is 0 Å². The van der Waals surface area contributed by atoms with Crippen LogP contribution in [0.4, 0.5) is 0 Å². The Balaban J connectivity index is 0.0000000739. The van der Waals surface area contributed by atoms with Crippen molar-refractivity contribution in [1.82, 2.24) is 0 Å². The van der Waals surface area contributed by atoms with Crippen molar-refractivity contribution in [2.24, 2.45) is 142 Å². The molecule has 0 spiro atoms. The highest BCUT2D eigenvalue weighted by Crippen LogP contribution is 2.68.